The van der Waals surface area contributed by atoms with Crippen molar-refractivity contribution in [1.82, 2.24) is 25.9 Å². The third-order valence-electron chi connectivity index (χ3n) is 4.49. The SMILES string of the molecule is CC1=C2[C](C=CN1)NC(=O)C(CC(=O)N[C@H](C)c1cnc(C#N)cn1)=C2C.[HH].[HH]. The summed E-state index contributed by atoms with van der Waals surface area (Å²) in [6.07, 6.45) is 6.33. The topological polar surface area (TPSA) is 120 Å². The molecule has 1 atom stereocenters. The van der Waals surface area contributed by atoms with Crippen LogP contribution in [0.4, 0.5) is 0 Å². The zero-order valence-corrected chi connectivity index (χ0v) is 15.3. The average Bonchev–Trinajstić information content (AvgIpc) is 2.65. The van der Waals surface area contributed by atoms with Gasteiger partial charge in [0.2, 0.25) is 11.8 Å². The quantitative estimate of drug-likeness (QED) is 0.746. The van der Waals surface area contributed by atoms with Gasteiger partial charge in [0, 0.05) is 19.7 Å². The molecule has 3 rings (SSSR count). The van der Waals surface area contributed by atoms with Gasteiger partial charge in [-0.15, -0.1) is 0 Å². The van der Waals surface area contributed by atoms with Crippen molar-refractivity contribution in [2.75, 3.05) is 0 Å². The number of carbonyl (C=O) groups is 2. The molecule has 0 spiro atoms. The maximum Gasteiger partial charge on any atom is 0.249 e. The Hall–Kier alpha value is -3.47. The molecule has 0 bridgehead atoms. The van der Waals surface area contributed by atoms with Crippen LogP contribution in [0.1, 0.15) is 47.5 Å². The first-order valence-corrected chi connectivity index (χ1v) is 8.45. The Morgan fingerprint density at radius 1 is 1.37 bits per heavy atom. The van der Waals surface area contributed by atoms with Crippen molar-refractivity contribution in [3.63, 3.8) is 0 Å². The summed E-state index contributed by atoms with van der Waals surface area (Å²) in [5.74, 6) is -0.564. The fraction of sp³-hybridized carbons (Fsp3) is 0.263. The summed E-state index contributed by atoms with van der Waals surface area (Å²) < 4.78 is 0. The molecule has 8 heteroatoms. The largest absolute Gasteiger partial charge is 0.365 e. The van der Waals surface area contributed by atoms with Crippen LogP contribution in [0.2, 0.25) is 0 Å². The maximum absolute atomic E-state index is 12.5. The highest BCUT2D eigenvalue weighted by molar-refractivity contribution is 6.03. The number of aromatic nitrogens is 2. The number of nitriles is 1. The smallest absolute Gasteiger partial charge is 0.249 e. The van der Waals surface area contributed by atoms with E-state index in [-0.39, 0.29) is 26.8 Å². The molecule has 1 aromatic rings. The minimum absolute atomic E-state index is 0. The van der Waals surface area contributed by atoms with Crippen molar-refractivity contribution in [3.8, 4) is 6.07 Å². The van der Waals surface area contributed by atoms with E-state index in [0.717, 1.165) is 22.9 Å². The molecule has 0 saturated heterocycles. The van der Waals surface area contributed by atoms with E-state index >= 15 is 0 Å². The van der Waals surface area contributed by atoms with E-state index < -0.39 is 6.04 Å². The minimum atomic E-state index is -0.396. The molecule has 3 N–H and O–H groups in total. The monoisotopic (exact) mass is 367 g/mol. The maximum atomic E-state index is 12.5. The number of carbonyl (C=O) groups excluding carboxylic acids is 2. The predicted molar refractivity (Wildman–Crippen MR) is 101 cm³/mol. The number of fused-ring (bicyclic) bond motifs is 1. The number of hydrogen-bond donors (Lipinski definition) is 3. The molecule has 1 radical (unpaired) electrons. The summed E-state index contributed by atoms with van der Waals surface area (Å²) in [5.41, 5.74) is 3.79. The van der Waals surface area contributed by atoms with Gasteiger partial charge in [0.05, 0.1) is 30.6 Å². The average molecular weight is 367 g/mol. The van der Waals surface area contributed by atoms with Gasteiger partial charge < -0.3 is 16.0 Å². The van der Waals surface area contributed by atoms with Crippen molar-refractivity contribution < 1.29 is 12.4 Å². The van der Waals surface area contributed by atoms with Crippen LogP contribution in [-0.2, 0) is 9.59 Å². The lowest BCUT2D eigenvalue weighted by Crippen LogP contribution is -2.39. The molecule has 3 heterocycles. The Morgan fingerprint density at radius 2 is 2.15 bits per heavy atom. The molecule has 141 valence electrons. The van der Waals surface area contributed by atoms with Gasteiger partial charge in [-0.05, 0) is 38.6 Å². The van der Waals surface area contributed by atoms with Gasteiger partial charge in [0.15, 0.2) is 5.69 Å². The van der Waals surface area contributed by atoms with Crippen LogP contribution < -0.4 is 16.0 Å². The first-order valence-electron chi connectivity index (χ1n) is 8.45. The molecular weight excluding hydrogens is 344 g/mol. The lowest BCUT2D eigenvalue weighted by molar-refractivity contribution is -0.123. The molecule has 1 aromatic heterocycles. The van der Waals surface area contributed by atoms with Crippen molar-refractivity contribution in [3.05, 3.63) is 64.5 Å². The van der Waals surface area contributed by atoms with E-state index in [1.165, 1.54) is 12.4 Å². The fourth-order valence-electron chi connectivity index (χ4n) is 3.07. The second-order valence-corrected chi connectivity index (χ2v) is 6.35. The Morgan fingerprint density at radius 3 is 2.81 bits per heavy atom. The number of dihydropyridines is 1. The lowest BCUT2D eigenvalue weighted by Gasteiger charge is -2.30. The molecular formula is C19H23N6O2. The van der Waals surface area contributed by atoms with Crippen molar-refractivity contribution >= 4 is 11.8 Å². The number of rotatable bonds is 4. The third kappa shape index (κ3) is 3.72. The second kappa shape index (κ2) is 7.41. The van der Waals surface area contributed by atoms with Gasteiger partial charge >= 0.3 is 0 Å². The molecule has 0 unspecified atom stereocenters. The van der Waals surface area contributed by atoms with Gasteiger partial charge in [0.25, 0.3) is 0 Å². The van der Waals surface area contributed by atoms with Crippen LogP contribution >= 0.6 is 0 Å². The van der Waals surface area contributed by atoms with Crippen LogP contribution in [0.5, 0.6) is 0 Å². The molecule has 2 amide bonds. The summed E-state index contributed by atoms with van der Waals surface area (Å²) in [5, 5.41) is 17.5. The Balaban J connectivity index is 0.00000210. The second-order valence-electron chi connectivity index (χ2n) is 6.35. The van der Waals surface area contributed by atoms with E-state index in [9.17, 15) is 9.59 Å². The van der Waals surface area contributed by atoms with Crippen molar-refractivity contribution in [1.29, 1.82) is 5.26 Å². The van der Waals surface area contributed by atoms with Crippen LogP contribution in [0.25, 0.3) is 0 Å². The highest BCUT2D eigenvalue weighted by Gasteiger charge is 2.32. The van der Waals surface area contributed by atoms with E-state index in [4.69, 9.17) is 5.26 Å². The Bertz CT molecular complexity index is 931. The van der Waals surface area contributed by atoms with Crippen molar-refractivity contribution in [2.45, 2.75) is 33.2 Å². The van der Waals surface area contributed by atoms with Gasteiger partial charge in [-0.25, -0.2) is 4.98 Å². The van der Waals surface area contributed by atoms with E-state index in [1.54, 1.807) is 19.2 Å². The number of nitrogens with zero attached hydrogens (tertiary/aromatic N) is 3. The Labute approximate surface area is 160 Å². The van der Waals surface area contributed by atoms with Gasteiger partial charge in [-0.2, -0.15) is 5.26 Å². The molecule has 0 aromatic carbocycles. The first-order chi connectivity index (χ1) is 12.9. The van der Waals surface area contributed by atoms with Gasteiger partial charge in [0.1, 0.15) is 12.1 Å². The minimum Gasteiger partial charge on any atom is -0.365 e. The van der Waals surface area contributed by atoms with Crippen molar-refractivity contribution in [2.24, 2.45) is 0 Å². The predicted octanol–water partition coefficient (Wildman–Crippen LogP) is 1.78. The van der Waals surface area contributed by atoms with E-state index in [0.29, 0.717) is 11.3 Å². The van der Waals surface area contributed by atoms with Gasteiger partial charge in [-0.3, -0.25) is 14.6 Å². The summed E-state index contributed by atoms with van der Waals surface area (Å²) in [7, 11) is 0. The van der Waals surface area contributed by atoms with Crippen LogP contribution in [0.3, 0.4) is 0 Å². The summed E-state index contributed by atoms with van der Waals surface area (Å²) in [6, 6.07) is 2.24. The number of allylic oxidation sites excluding steroid dienone is 1. The van der Waals surface area contributed by atoms with E-state index in [1.807, 2.05) is 19.9 Å². The summed E-state index contributed by atoms with van der Waals surface area (Å²) in [4.78, 5) is 33.0. The third-order valence-corrected chi connectivity index (χ3v) is 4.49. The standard InChI is InChI=1S/C19H19N6O2.2H2/c1-10-14(19(27)25-15-4-5-21-12(3)18(10)15)6-17(26)24-11(2)16-9-22-13(7-20)8-23-16;;/h4-5,8-9,11,21H,6H2,1-3H3,(H,24,26)(H,25,27);2*1H/t11-;;/m1../s1. The van der Waals surface area contributed by atoms with E-state index in [2.05, 4.69) is 25.9 Å². The summed E-state index contributed by atoms with van der Waals surface area (Å²) >= 11 is 0. The van der Waals surface area contributed by atoms with Crippen LogP contribution in [-0.4, -0.2) is 21.8 Å². The van der Waals surface area contributed by atoms with Crippen LogP contribution in [0.15, 0.2) is 47.1 Å². The zero-order valence-electron chi connectivity index (χ0n) is 15.3. The van der Waals surface area contributed by atoms with Crippen LogP contribution in [0, 0.1) is 17.4 Å². The molecule has 2 aliphatic rings. The lowest BCUT2D eigenvalue weighted by atomic mass is 9.87. The highest BCUT2D eigenvalue weighted by Crippen LogP contribution is 2.33. The molecule has 0 fully saturated rings. The first kappa shape index (κ1) is 18.3. The highest BCUT2D eigenvalue weighted by atomic mass is 16.2. The fourth-order valence-corrected chi connectivity index (χ4v) is 3.07. The number of nitrogens with one attached hydrogen (secondary N) is 3. The molecule has 0 saturated carbocycles. The molecule has 27 heavy (non-hydrogen) atoms. The van der Waals surface area contributed by atoms with Gasteiger partial charge in [-0.1, -0.05) is 0 Å². The molecule has 8 nitrogen and oxygen atoms in total. The normalized spacial score (nSPS) is 17.6. The number of hydrogen-bond acceptors (Lipinski definition) is 6. The molecule has 2 aliphatic heterocycles. The zero-order chi connectivity index (χ0) is 19.6. The number of amides is 2. The molecule has 0 aliphatic carbocycles. The Kier molecular flexibility index (Phi) is 5.03. The summed E-state index contributed by atoms with van der Waals surface area (Å²) in [6.45, 7) is 5.53.